The van der Waals surface area contributed by atoms with Gasteiger partial charge < -0.3 is 15.4 Å². The number of likely N-dealkylation sites (tertiary alicyclic amines) is 1. The minimum absolute atomic E-state index is 0.0405. The van der Waals surface area contributed by atoms with Crippen LogP contribution in [-0.2, 0) is 14.3 Å². The molecule has 1 saturated heterocycles. The molecule has 1 fully saturated rings. The Labute approximate surface area is 102 Å². The van der Waals surface area contributed by atoms with Gasteiger partial charge in [-0.2, -0.15) is 0 Å². The van der Waals surface area contributed by atoms with Crippen LogP contribution in [0.2, 0.25) is 0 Å². The molecule has 1 unspecified atom stereocenters. The summed E-state index contributed by atoms with van der Waals surface area (Å²) in [7, 11) is 1.37. The van der Waals surface area contributed by atoms with Gasteiger partial charge in [-0.3, -0.25) is 9.59 Å². The van der Waals surface area contributed by atoms with Gasteiger partial charge in [0.2, 0.25) is 5.91 Å². The molecule has 0 aliphatic carbocycles. The molecule has 17 heavy (non-hydrogen) atoms. The van der Waals surface area contributed by atoms with Gasteiger partial charge in [0.1, 0.15) is 0 Å². The third-order valence-electron chi connectivity index (χ3n) is 3.30. The molecule has 5 heteroatoms. The summed E-state index contributed by atoms with van der Waals surface area (Å²) in [5.74, 6) is -0.305. The van der Waals surface area contributed by atoms with Crippen LogP contribution in [0.3, 0.4) is 0 Å². The monoisotopic (exact) mass is 242 g/mol. The SMILES string of the molecule is CC[C@H](N)C(=O)N1CCCCC1CC(=O)OC. The normalized spacial score (nSPS) is 22.1. The van der Waals surface area contributed by atoms with Crippen LogP contribution >= 0.6 is 0 Å². The van der Waals surface area contributed by atoms with Gasteiger partial charge in [0, 0.05) is 12.6 Å². The van der Waals surface area contributed by atoms with E-state index in [9.17, 15) is 9.59 Å². The quantitative estimate of drug-likeness (QED) is 0.735. The maximum atomic E-state index is 12.1. The molecule has 0 bridgehead atoms. The number of nitrogens with two attached hydrogens (primary N) is 1. The highest BCUT2D eigenvalue weighted by molar-refractivity contribution is 5.82. The van der Waals surface area contributed by atoms with Gasteiger partial charge in [0.05, 0.1) is 19.6 Å². The second kappa shape index (κ2) is 6.59. The third kappa shape index (κ3) is 3.70. The van der Waals surface area contributed by atoms with E-state index in [1.165, 1.54) is 7.11 Å². The third-order valence-corrected chi connectivity index (χ3v) is 3.30. The van der Waals surface area contributed by atoms with Crippen molar-refractivity contribution < 1.29 is 14.3 Å². The van der Waals surface area contributed by atoms with E-state index in [-0.39, 0.29) is 24.3 Å². The topological polar surface area (TPSA) is 72.6 Å². The maximum absolute atomic E-state index is 12.1. The molecule has 0 spiro atoms. The van der Waals surface area contributed by atoms with Crippen LogP contribution in [0.25, 0.3) is 0 Å². The van der Waals surface area contributed by atoms with Crippen molar-refractivity contribution in [3.05, 3.63) is 0 Å². The van der Waals surface area contributed by atoms with Crippen LogP contribution in [0.1, 0.15) is 39.0 Å². The number of ether oxygens (including phenoxy) is 1. The largest absolute Gasteiger partial charge is 0.469 e. The molecular formula is C12H22N2O3. The molecule has 1 aliphatic rings. The Morgan fingerprint density at radius 1 is 1.47 bits per heavy atom. The van der Waals surface area contributed by atoms with Crippen molar-refractivity contribution in [1.29, 1.82) is 0 Å². The van der Waals surface area contributed by atoms with Crippen LogP contribution in [-0.4, -0.2) is 42.5 Å². The summed E-state index contributed by atoms with van der Waals surface area (Å²) in [6.07, 6.45) is 3.79. The molecule has 1 rings (SSSR count). The van der Waals surface area contributed by atoms with Crippen molar-refractivity contribution >= 4 is 11.9 Å². The Kier molecular flexibility index (Phi) is 5.41. The zero-order chi connectivity index (χ0) is 12.8. The van der Waals surface area contributed by atoms with E-state index in [0.717, 1.165) is 19.3 Å². The van der Waals surface area contributed by atoms with Gasteiger partial charge in [0.25, 0.3) is 0 Å². The first kappa shape index (κ1) is 14.0. The van der Waals surface area contributed by atoms with Crippen molar-refractivity contribution in [1.82, 2.24) is 4.90 Å². The molecule has 1 aliphatic heterocycles. The second-order valence-corrected chi connectivity index (χ2v) is 4.48. The smallest absolute Gasteiger partial charge is 0.307 e. The van der Waals surface area contributed by atoms with Crippen LogP contribution in [0.15, 0.2) is 0 Å². The van der Waals surface area contributed by atoms with Crippen LogP contribution in [0.4, 0.5) is 0 Å². The summed E-state index contributed by atoms with van der Waals surface area (Å²) < 4.78 is 4.66. The summed E-state index contributed by atoms with van der Waals surface area (Å²) >= 11 is 0. The number of piperidine rings is 1. The van der Waals surface area contributed by atoms with E-state index in [1.54, 1.807) is 4.90 Å². The lowest BCUT2D eigenvalue weighted by molar-refractivity contribution is -0.145. The number of carbonyl (C=O) groups excluding carboxylic acids is 2. The van der Waals surface area contributed by atoms with E-state index in [2.05, 4.69) is 4.74 Å². The predicted octanol–water partition coefficient (Wildman–Crippen LogP) is 0.668. The van der Waals surface area contributed by atoms with Gasteiger partial charge in [-0.1, -0.05) is 6.92 Å². The molecule has 0 aromatic rings. The molecule has 0 aromatic heterocycles. The van der Waals surface area contributed by atoms with Gasteiger partial charge in [-0.25, -0.2) is 0 Å². The van der Waals surface area contributed by atoms with Crippen molar-refractivity contribution in [2.24, 2.45) is 5.73 Å². The number of hydrogen-bond donors (Lipinski definition) is 1. The highest BCUT2D eigenvalue weighted by Crippen LogP contribution is 2.21. The molecule has 2 N–H and O–H groups in total. The van der Waals surface area contributed by atoms with E-state index in [4.69, 9.17) is 5.73 Å². The molecule has 1 heterocycles. The minimum atomic E-state index is -0.451. The number of carbonyl (C=O) groups is 2. The van der Waals surface area contributed by atoms with Crippen molar-refractivity contribution in [2.45, 2.75) is 51.1 Å². The number of nitrogens with zero attached hydrogens (tertiary/aromatic N) is 1. The molecular weight excluding hydrogens is 220 g/mol. The van der Waals surface area contributed by atoms with Gasteiger partial charge >= 0.3 is 5.97 Å². The zero-order valence-corrected chi connectivity index (χ0v) is 10.6. The lowest BCUT2D eigenvalue weighted by Gasteiger charge is -2.36. The van der Waals surface area contributed by atoms with Crippen molar-refractivity contribution in [2.75, 3.05) is 13.7 Å². The zero-order valence-electron chi connectivity index (χ0n) is 10.6. The minimum Gasteiger partial charge on any atom is -0.469 e. The fraction of sp³-hybridized carbons (Fsp3) is 0.833. The first-order valence-corrected chi connectivity index (χ1v) is 6.23. The summed E-state index contributed by atoms with van der Waals surface area (Å²) in [5, 5.41) is 0. The summed E-state index contributed by atoms with van der Waals surface area (Å²) in [6.45, 7) is 2.59. The Morgan fingerprint density at radius 3 is 2.76 bits per heavy atom. The van der Waals surface area contributed by atoms with E-state index < -0.39 is 6.04 Å². The molecule has 98 valence electrons. The molecule has 0 aromatic carbocycles. The number of rotatable bonds is 4. The highest BCUT2D eigenvalue weighted by atomic mass is 16.5. The Bertz CT molecular complexity index is 281. The van der Waals surface area contributed by atoms with Gasteiger partial charge in [-0.15, -0.1) is 0 Å². The first-order valence-electron chi connectivity index (χ1n) is 6.23. The molecule has 5 nitrogen and oxygen atoms in total. The average molecular weight is 242 g/mol. The first-order chi connectivity index (χ1) is 8.10. The molecule has 0 saturated carbocycles. The predicted molar refractivity (Wildman–Crippen MR) is 64.3 cm³/mol. The molecule has 0 radical (unpaired) electrons. The Balaban J connectivity index is 2.65. The van der Waals surface area contributed by atoms with Gasteiger partial charge in [-0.05, 0) is 25.7 Å². The maximum Gasteiger partial charge on any atom is 0.307 e. The summed E-state index contributed by atoms with van der Waals surface area (Å²) in [5.41, 5.74) is 5.77. The van der Waals surface area contributed by atoms with E-state index in [0.29, 0.717) is 13.0 Å². The highest BCUT2D eigenvalue weighted by Gasteiger charge is 2.30. The average Bonchev–Trinajstić information content (AvgIpc) is 2.37. The second-order valence-electron chi connectivity index (χ2n) is 4.48. The number of esters is 1. The van der Waals surface area contributed by atoms with Crippen molar-refractivity contribution in [3.63, 3.8) is 0 Å². The fourth-order valence-corrected chi connectivity index (χ4v) is 2.17. The van der Waals surface area contributed by atoms with Crippen molar-refractivity contribution in [3.8, 4) is 0 Å². The summed E-state index contributed by atoms with van der Waals surface area (Å²) in [4.78, 5) is 25.1. The van der Waals surface area contributed by atoms with Gasteiger partial charge in [0.15, 0.2) is 0 Å². The number of amides is 1. The van der Waals surface area contributed by atoms with Crippen LogP contribution in [0, 0.1) is 0 Å². The number of hydrogen-bond acceptors (Lipinski definition) is 4. The van der Waals surface area contributed by atoms with E-state index >= 15 is 0 Å². The lowest BCUT2D eigenvalue weighted by Crippen LogP contribution is -2.51. The molecule has 2 atom stereocenters. The van der Waals surface area contributed by atoms with E-state index in [1.807, 2.05) is 6.92 Å². The Morgan fingerprint density at radius 2 is 2.18 bits per heavy atom. The van der Waals surface area contributed by atoms with Crippen LogP contribution < -0.4 is 5.73 Å². The summed E-state index contributed by atoms with van der Waals surface area (Å²) in [6, 6.07) is -0.491. The Hall–Kier alpha value is -1.10. The number of methoxy groups -OCH3 is 1. The van der Waals surface area contributed by atoms with Crippen LogP contribution in [0.5, 0.6) is 0 Å². The lowest BCUT2D eigenvalue weighted by atomic mass is 9.98. The molecule has 1 amide bonds. The standard InChI is InChI=1S/C12H22N2O3/c1-3-10(13)12(16)14-7-5-4-6-9(14)8-11(15)17-2/h9-10H,3-8,13H2,1-2H3/t9?,10-/m0/s1. The fourth-order valence-electron chi connectivity index (χ4n) is 2.17.